The van der Waals surface area contributed by atoms with Crippen LogP contribution in [0.15, 0.2) is 53.5 Å². The molecule has 0 bridgehead atoms. The molecule has 5 nitrogen and oxygen atoms in total. The molecule has 0 aliphatic rings. The molecule has 140 valence electrons. The lowest BCUT2D eigenvalue weighted by atomic mass is 10.1. The Balaban J connectivity index is 2.01. The number of methoxy groups -OCH3 is 1. The Morgan fingerprint density at radius 2 is 1.77 bits per heavy atom. The van der Waals surface area contributed by atoms with Gasteiger partial charge in [0, 0.05) is 23.9 Å². The molecule has 0 spiro atoms. The van der Waals surface area contributed by atoms with Crippen molar-refractivity contribution in [3.63, 3.8) is 0 Å². The number of ether oxygens (including phenoxy) is 2. The largest absolute Gasteiger partial charge is 0.493 e. The first kappa shape index (κ1) is 19.8. The van der Waals surface area contributed by atoms with E-state index in [0.29, 0.717) is 31.6 Å². The van der Waals surface area contributed by atoms with Gasteiger partial charge in [-0.15, -0.1) is 0 Å². The fourth-order valence-corrected chi connectivity index (χ4v) is 2.45. The van der Waals surface area contributed by atoms with Gasteiger partial charge in [0.25, 0.3) is 0 Å². The Morgan fingerprint density at radius 3 is 2.50 bits per heavy atom. The first-order chi connectivity index (χ1) is 12.6. The number of guanidine groups is 1. The first-order valence-electron chi connectivity index (χ1n) is 8.94. The lowest BCUT2D eigenvalue weighted by molar-refractivity contribution is 0.185. The minimum Gasteiger partial charge on any atom is -0.493 e. The van der Waals surface area contributed by atoms with Crippen molar-refractivity contribution in [1.29, 1.82) is 0 Å². The Kier molecular flexibility index (Phi) is 7.96. The average molecular weight is 355 g/mol. The maximum absolute atomic E-state index is 6.07. The number of nitrogens with two attached hydrogens (primary N) is 1. The number of nitrogens with zero attached hydrogens (tertiary/aromatic N) is 1. The number of hydrogen-bond donors (Lipinski definition) is 2. The molecular formula is C21H29N3O2. The number of benzene rings is 2. The highest BCUT2D eigenvalue weighted by molar-refractivity contribution is 5.92. The van der Waals surface area contributed by atoms with E-state index in [9.17, 15) is 0 Å². The Hall–Kier alpha value is -2.53. The molecule has 0 unspecified atom stereocenters. The van der Waals surface area contributed by atoms with Gasteiger partial charge in [0.15, 0.2) is 5.96 Å². The Bertz CT molecular complexity index is 714. The summed E-state index contributed by atoms with van der Waals surface area (Å²) in [7, 11) is 1.67. The third kappa shape index (κ3) is 6.41. The highest BCUT2D eigenvalue weighted by Gasteiger charge is 2.05. The van der Waals surface area contributed by atoms with Crippen LogP contribution in [0.25, 0.3) is 0 Å². The predicted molar refractivity (Wildman–Crippen MR) is 107 cm³/mol. The number of rotatable bonds is 9. The van der Waals surface area contributed by atoms with Gasteiger partial charge in [-0.05, 0) is 24.5 Å². The van der Waals surface area contributed by atoms with Crippen molar-refractivity contribution in [2.24, 2.45) is 16.6 Å². The Labute approximate surface area is 156 Å². The molecule has 0 atom stereocenters. The van der Waals surface area contributed by atoms with Crippen LogP contribution in [-0.4, -0.2) is 19.7 Å². The molecule has 0 heterocycles. The summed E-state index contributed by atoms with van der Waals surface area (Å²) in [5.41, 5.74) is 9.02. The van der Waals surface area contributed by atoms with E-state index in [-0.39, 0.29) is 0 Å². The topological polar surface area (TPSA) is 68.9 Å². The highest BCUT2D eigenvalue weighted by atomic mass is 16.5. The van der Waals surface area contributed by atoms with Crippen molar-refractivity contribution >= 4 is 11.6 Å². The predicted octanol–water partition coefficient (Wildman–Crippen LogP) is 4.18. The summed E-state index contributed by atoms with van der Waals surface area (Å²) in [5.74, 6) is 1.85. The van der Waals surface area contributed by atoms with Gasteiger partial charge in [0.1, 0.15) is 5.75 Å². The van der Waals surface area contributed by atoms with Crippen LogP contribution in [-0.2, 0) is 17.9 Å². The minimum absolute atomic E-state index is 0.366. The van der Waals surface area contributed by atoms with Crippen LogP contribution in [0.4, 0.5) is 5.69 Å². The fourth-order valence-electron chi connectivity index (χ4n) is 2.45. The van der Waals surface area contributed by atoms with Gasteiger partial charge >= 0.3 is 0 Å². The van der Waals surface area contributed by atoms with E-state index in [2.05, 4.69) is 24.2 Å². The zero-order valence-electron chi connectivity index (χ0n) is 15.9. The van der Waals surface area contributed by atoms with Crippen molar-refractivity contribution < 1.29 is 9.47 Å². The van der Waals surface area contributed by atoms with Crippen LogP contribution in [0.2, 0.25) is 0 Å². The zero-order chi connectivity index (χ0) is 18.8. The third-order valence-corrected chi connectivity index (χ3v) is 3.93. The smallest absolute Gasteiger partial charge is 0.193 e. The molecule has 0 saturated carbocycles. The SMILES string of the molecule is COCc1ccccc1NC(N)=NCc1ccccc1OCCC(C)C. The summed E-state index contributed by atoms with van der Waals surface area (Å²) >= 11 is 0. The van der Waals surface area contributed by atoms with Gasteiger partial charge in [-0.3, -0.25) is 0 Å². The molecule has 2 aromatic carbocycles. The minimum atomic E-state index is 0.366. The van der Waals surface area contributed by atoms with Crippen LogP contribution in [0.5, 0.6) is 5.75 Å². The van der Waals surface area contributed by atoms with Crippen molar-refractivity contribution in [3.05, 3.63) is 59.7 Å². The van der Waals surface area contributed by atoms with Gasteiger partial charge in [-0.25, -0.2) is 4.99 Å². The first-order valence-corrected chi connectivity index (χ1v) is 8.94. The van der Waals surface area contributed by atoms with Crippen LogP contribution in [0, 0.1) is 5.92 Å². The molecule has 0 aliphatic heterocycles. The van der Waals surface area contributed by atoms with E-state index in [1.165, 1.54) is 0 Å². The maximum atomic E-state index is 6.07. The van der Waals surface area contributed by atoms with E-state index >= 15 is 0 Å². The van der Waals surface area contributed by atoms with Gasteiger partial charge in [-0.1, -0.05) is 50.2 Å². The fraction of sp³-hybridized carbons (Fsp3) is 0.381. The Morgan fingerprint density at radius 1 is 1.08 bits per heavy atom. The van der Waals surface area contributed by atoms with E-state index in [1.54, 1.807) is 7.11 Å². The van der Waals surface area contributed by atoms with Gasteiger partial charge in [0.05, 0.1) is 19.8 Å². The van der Waals surface area contributed by atoms with Crippen LogP contribution in [0.3, 0.4) is 0 Å². The quantitative estimate of drug-likeness (QED) is 0.523. The van der Waals surface area contributed by atoms with Crippen LogP contribution in [0.1, 0.15) is 31.4 Å². The molecule has 0 fully saturated rings. The summed E-state index contributed by atoms with van der Waals surface area (Å²) in [6, 6.07) is 15.8. The highest BCUT2D eigenvalue weighted by Crippen LogP contribution is 2.20. The second-order valence-corrected chi connectivity index (χ2v) is 6.56. The summed E-state index contributed by atoms with van der Waals surface area (Å²) in [6.45, 7) is 6.06. The second kappa shape index (κ2) is 10.5. The average Bonchev–Trinajstić information content (AvgIpc) is 2.62. The molecular weight excluding hydrogens is 326 g/mol. The summed E-state index contributed by atoms with van der Waals surface area (Å²) in [4.78, 5) is 4.46. The number of anilines is 1. The maximum Gasteiger partial charge on any atom is 0.193 e. The standard InChI is InChI=1S/C21H29N3O2/c1-16(2)12-13-26-20-11-7-5-8-17(20)14-23-21(22)24-19-10-6-4-9-18(19)15-25-3/h4-11,16H,12-15H2,1-3H3,(H3,22,23,24). The van der Waals surface area contributed by atoms with E-state index in [4.69, 9.17) is 15.2 Å². The number of aliphatic imine (C=N–C) groups is 1. The van der Waals surface area contributed by atoms with Crippen molar-refractivity contribution in [3.8, 4) is 5.75 Å². The zero-order valence-corrected chi connectivity index (χ0v) is 15.9. The second-order valence-electron chi connectivity index (χ2n) is 6.56. The van der Waals surface area contributed by atoms with Gasteiger partial charge < -0.3 is 20.5 Å². The lowest BCUT2D eigenvalue weighted by Crippen LogP contribution is -2.23. The molecule has 2 rings (SSSR count). The van der Waals surface area contributed by atoms with Crippen molar-refractivity contribution in [2.75, 3.05) is 19.0 Å². The molecule has 0 saturated heterocycles. The van der Waals surface area contributed by atoms with Crippen LogP contribution >= 0.6 is 0 Å². The lowest BCUT2D eigenvalue weighted by Gasteiger charge is -2.13. The number of nitrogens with one attached hydrogen (secondary N) is 1. The van der Waals surface area contributed by atoms with E-state index < -0.39 is 0 Å². The van der Waals surface area contributed by atoms with E-state index in [1.807, 2.05) is 48.5 Å². The molecule has 0 radical (unpaired) electrons. The third-order valence-electron chi connectivity index (χ3n) is 3.93. The van der Waals surface area contributed by atoms with Gasteiger partial charge in [0.2, 0.25) is 0 Å². The summed E-state index contributed by atoms with van der Waals surface area (Å²) in [5, 5.41) is 3.15. The summed E-state index contributed by atoms with van der Waals surface area (Å²) < 4.78 is 11.1. The van der Waals surface area contributed by atoms with Crippen molar-refractivity contribution in [1.82, 2.24) is 0 Å². The summed E-state index contributed by atoms with van der Waals surface area (Å²) in [6.07, 6.45) is 1.03. The molecule has 2 aromatic rings. The van der Waals surface area contributed by atoms with Crippen molar-refractivity contribution in [2.45, 2.75) is 33.4 Å². The van der Waals surface area contributed by atoms with E-state index in [0.717, 1.165) is 29.0 Å². The molecule has 26 heavy (non-hydrogen) atoms. The molecule has 3 N–H and O–H groups in total. The normalized spacial score (nSPS) is 11.6. The number of hydrogen-bond acceptors (Lipinski definition) is 3. The number of para-hydroxylation sites is 2. The molecule has 0 amide bonds. The molecule has 0 aromatic heterocycles. The monoisotopic (exact) mass is 355 g/mol. The molecule has 5 heteroatoms. The van der Waals surface area contributed by atoms with Gasteiger partial charge in [-0.2, -0.15) is 0 Å². The van der Waals surface area contributed by atoms with Crippen LogP contribution < -0.4 is 15.8 Å². The molecule has 0 aliphatic carbocycles.